The van der Waals surface area contributed by atoms with Gasteiger partial charge in [0.05, 0.1) is 0 Å². The summed E-state index contributed by atoms with van der Waals surface area (Å²) < 4.78 is 4.06. The molecule has 0 aliphatic rings. The van der Waals surface area contributed by atoms with E-state index >= 15 is 0 Å². The molecule has 16 heavy (non-hydrogen) atoms. The molecule has 0 unspecified atom stereocenters. The number of rotatable bonds is 2. The van der Waals surface area contributed by atoms with Crippen molar-refractivity contribution in [1.82, 2.24) is 9.36 Å². The Kier molecular flexibility index (Phi) is 2.31. The van der Waals surface area contributed by atoms with Gasteiger partial charge in [-0.3, -0.25) is 0 Å². The van der Waals surface area contributed by atoms with Gasteiger partial charge in [-0.25, -0.2) is 4.37 Å². The summed E-state index contributed by atoms with van der Waals surface area (Å²) in [7, 11) is 0. The number of nitrogens with zero attached hydrogens (tertiary/aromatic N) is 1. The minimum Gasteiger partial charge on any atom is -0.355 e. The van der Waals surface area contributed by atoms with Crippen LogP contribution in [0.2, 0.25) is 0 Å². The van der Waals surface area contributed by atoms with E-state index in [1.54, 1.807) is 0 Å². The molecule has 2 nitrogen and oxygen atoms in total. The van der Waals surface area contributed by atoms with Crippen LogP contribution in [-0.4, -0.2) is 9.36 Å². The van der Waals surface area contributed by atoms with Crippen molar-refractivity contribution < 1.29 is 0 Å². The van der Waals surface area contributed by atoms with Crippen LogP contribution in [0.1, 0.15) is 11.3 Å². The van der Waals surface area contributed by atoms with Gasteiger partial charge in [0, 0.05) is 28.4 Å². The molecule has 1 N–H and O–H groups in total. The normalized spacial score (nSPS) is 11.5. The second-order valence-electron chi connectivity index (χ2n) is 3.60. The Morgan fingerprint density at radius 1 is 1.19 bits per heavy atom. The van der Waals surface area contributed by atoms with Crippen LogP contribution < -0.4 is 0 Å². The maximum Gasteiger partial charge on any atom is 0.0479 e. The highest BCUT2D eigenvalue weighted by atomic mass is 32.1. The molecule has 0 saturated carbocycles. The van der Waals surface area contributed by atoms with E-state index in [9.17, 15) is 0 Å². The molecule has 3 rings (SSSR count). The van der Waals surface area contributed by atoms with Crippen LogP contribution in [-0.2, 0) is 0 Å². The molecule has 2 heterocycles. The maximum absolute atomic E-state index is 4.06. The fraction of sp³-hybridized carbons (Fsp3) is 0. The van der Waals surface area contributed by atoms with Crippen LogP contribution >= 0.6 is 11.5 Å². The fourth-order valence-electron chi connectivity index (χ4n) is 1.67. The molecular formula is C13H10N2S. The number of hydrogen-bond donors (Lipinski definition) is 1. The minimum absolute atomic E-state index is 1.12. The molecule has 0 bridgehead atoms. The topological polar surface area (TPSA) is 28.7 Å². The standard InChI is InChI=1S/C13H10N2S/c1-2-4-13-11(3-1)7-12(15-13)6-5-10-8-14-16-9-10/h1-9,15H. The van der Waals surface area contributed by atoms with Gasteiger partial charge in [0.2, 0.25) is 0 Å². The van der Waals surface area contributed by atoms with Gasteiger partial charge in [0.1, 0.15) is 0 Å². The first-order valence-corrected chi connectivity index (χ1v) is 5.91. The second-order valence-corrected chi connectivity index (χ2v) is 4.26. The number of H-pyrrole nitrogens is 1. The Labute approximate surface area is 97.4 Å². The number of fused-ring (bicyclic) bond motifs is 1. The summed E-state index contributed by atoms with van der Waals surface area (Å²) in [6.07, 6.45) is 6.00. The summed E-state index contributed by atoms with van der Waals surface area (Å²) in [6, 6.07) is 10.4. The second kappa shape index (κ2) is 3.94. The average Bonchev–Trinajstić information content (AvgIpc) is 2.95. The van der Waals surface area contributed by atoms with Crippen LogP contribution in [0.25, 0.3) is 23.1 Å². The monoisotopic (exact) mass is 226 g/mol. The van der Waals surface area contributed by atoms with E-state index in [4.69, 9.17) is 0 Å². The van der Waals surface area contributed by atoms with Gasteiger partial charge < -0.3 is 4.98 Å². The Bertz CT molecular complexity index is 587. The average molecular weight is 226 g/mol. The third kappa shape index (κ3) is 1.77. The predicted molar refractivity (Wildman–Crippen MR) is 69.3 cm³/mol. The largest absolute Gasteiger partial charge is 0.355 e. The van der Waals surface area contributed by atoms with E-state index in [-0.39, 0.29) is 0 Å². The lowest BCUT2D eigenvalue weighted by Crippen LogP contribution is -1.68. The van der Waals surface area contributed by atoms with Gasteiger partial charge in [-0.2, -0.15) is 0 Å². The van der Waals surface area contributed by atoms with Crippen molar-refractivity contribution in [2.75, 3.05) is 0 Å². The highest BCUT2D eigenvalue weighted by molar-refractivity contribution is 7.03. The number of hydrogen-bond acceptors (Lipinski definition) is 2. The number of para-hydroxylation sites is 1. The first-order valence-electron chi connectivity index (χ1n) is 5.07. The van der Waals surface area contributed by atoms with Crippen molar-refractivity contribution in [1.29, 1.82) is 0 Å². The summed E-state index contributed by atoms with van der Waals surface area (Å²) in [5.41, 5.74) is 3.43. The molecule has 0 aliphatic carbocycles. The number of aromatic nitrogens is 2. The highest BCUT2D eigenvalue weighted by Crippen LogP contribution is 2.16. The van der Waals surface area contributed by atoms with Crippen LogP contribution in [0.5, 0.6) is 0 Å². The Balaban J connectivity index is 1.95. The fourth-order valence-corrected chi connectivity index (χ4v) is 2.17. The van der Waals surface area contributed by atoms with E-state index in [0.717, 1.165) is 11.3 Å². The van der Waals surface area contributed by atoms with Crippen molar-refractivity contribution in [2.45, 2.75) is 0 Å². The first kappa shape index (κ1) is 9.36. The van der Waals surface area contributed by atoms with E-state index in [2.05, 4.69) is 39.7 Å². The highest BCUT2D eigenvalue weighted by Gasteiger charge is 1.96. The summed E-state index contributed by atoms with van der Waals surface area (Å²) in [5, 5.41) is 3.27. The zero-order valence-corrected chi connectivity index (χ0v) is 9.37. The lowest BCUT2D eigenvalue weighted by Gasteiger charge is -1.85. The van der Waals surface area contributed by atoms with Crippen molar-refractivity contribution in [2.24, 2.45) is 0 Å². The van der Waals surface area contributed by atoms with E-state index in [0.29, 0.717) is 0 Å². The number of aromatic amines is 1. The SMILES string of the molecule is C(=Cc1cc2ccccc2[nH]1)c1cnsc1. The smallest absolute Gasteiger partial charge is 0.0479 e. The molecule has 0 aliphatic heterocycles. The number of nitrogens with one attached hydrogen (secondary N) is 1. The van der Waals surface area contributed by atoms with E-state index in [1.807, 2.05) is 23.7 Å². The Morgan fingerprint density at radius 3 is 2.94 bits per heavy atom. The molecular weight excluding hydrogens is 216 g/mol. The molecule has 0 spiro atoms. The molecule has 0 amide bonds. The molecule has 0 radical (unpaired) electrons. The zero-order chi connectivity index (χ0) is 10.8. The lowest BCUT2D eigenvalue weighted by atomic mass is 10.2. The van der Waals surface area contributed by atoms with Gasteiger partial charge in [-0.1, -0.05) is 24.3 Å². The van der Waals surface area contributed by atoms with Gasteiger partial charge in [0.15, 0.2) is 0 Å². The minimum atomic E-state index is 1.12. The molecule has 3 heteroatoms. The van der Waals surface area contributed by atoms with Gasteiger partial charge in [-0.15, -0.1) is 0 Å². The molecule has 0 saturated heterocycles. The van der Waals surface area contributed by atoms with Crippen molar-refractivity contribution in [3.63, 3.8) is 0 Å². The molecule has 1 aromatic carbocycles. The van der Waals surface area contributed by atoms with Gasteiger partial charge >= 0.3 is 0 Å². The third-order valence-electron chi connectivity index (χ3n) is 2.46. The first-order chi connectivity index (χ1) is 7.92. The third-order valence-corrected chi connectivity index (χ3v) is 3.06. The zero-order valence-electron chi connectivity index (χ0n) is 8.55. The van der Waals surface area contributed by atoms with Crippen molar-refractivity contribution in [3.8, 4) is 0 Å². The molecule has 2 aromatic heterocycles. The van der Waals surface area contributed by atoms with Crippen molar-refractivity contribution >= 4 is 34.6 Å². The lowest BCUT2D eigenvalue weighted by molar-refractivity contribution is 1.43. The molecule has 3 aromatic rings. The molecule has 0 fully saturated rings. The van der Waals surface area contributed by atoms with Crippen LogP contribution in [0.15, 0.2) is 41.9 Å². The van der Waals surface area contributed by atoms with E-state index < -0.39 is 0 Å². The summed E-state index contributed by atoms with van der Waals surface area (Å²) in [5.74, 6) is 0. The van der Waals surface area contributed by atoms with Gasteiger partial charge in [-0.05, 0) is 35.1 Å². The van der Waals surface area contributed by atoms with E-state index in [1.165, 1.54) is 22.4 Å². The van der Waals surface area contributed by atoms with Crippen LogP contribution in [0.4, 0.5) is 0 Å². The van der Waals surface area contributed by atoms with Crippen LogP contribution in [0, 0.1) is 0 Å². The molecule has 78 valence electrons. The predicted octanol–water partition coefficient (Wildman–Crippen LogP) is 3.79. The number of benzene rings is 1. The van der Waals surface area contributed by atoms with Crippen LogP contribution in [0.3, 0.4) is 0 Å². The Morgan fingerprint density at radius 2 is 2.12 bits per heavy atom. The molecule has 0 atom stereocenters. The maximum atomic E-state index is 4.06. The Hall–Kier alpha value is -1.87. The summed E-state index contributed by atoms with van der Waals surface area (Å²) in [6.45, 7) is 0. The summed E-state index contributed by atoms with van der Waals surface area (Å²) in [4.78, 5) is 3.35. The van der Waals surface area contributed by atoms with Gasteiger partial charge in [0.25, 0.3) is 0 Å². The summed E-state index contributed by atoms with van der Waals surface area (Å²) >= 11 is 1.47. The quantitative estimate of drug-likeness (QED) is 0.707. The van der Waals surface area contributed by atoms with Crippen molar-refractivity contribution in [3.05, 3.63) is 53.2 Å².